The number of hydrogen-bond donors (Lipinski definition) is 5. The van der Waals surface area contributed by atoms with Gasteiger partial charge in [0.25, 0.3) is 5.56 Å². The van der Waals surface area contributed by atoms with Crippen LogP contribution in [-0.2, 0) is 4.74 Å². The standard InChI is InChI=1S/C11H15N3O6/c12-10(13-19)5-1-2-14(7(16)3-5)11-9(18)8(17)6(4-15)20-11/h1-3,6,8-9,11,15,17-19H,4H2,(H2,12,13)/t6-,8-,9-,11-/m1/s1. The van der Waals surface area contributed by atoms with Crippen molar-refractivity contribution in [2.24, 2.45) is 10.9 Å². The second-order valence-corrected chi connectivity index (χ2v) is 4.38. The van der Waals surface area contributed by atoms with E-state index in [1.54, 1.807) is 0 Å². The highest BCUT2D eigenvalue weighted by Crippen LogP contribution is 2.28. The van der Waals surface area contributed by atoms with E-state index in [1.165, 1.54) is 12.3 Å². The van der Waals surface area contributed by atoms with E-state index in [4.69, 9.17) is 20.8 Å². The average Bonchev–Trinajstić information content (AvgIpc) is 2.74. The van der Waals surface area contributed by atoms with E-state index in [0.29, 0.717) is 0 Å². The molecular weight excluding hydrogens is 270 g/mol. The summed E-state index contributed by atoms with van der Waals surface area (Å²) in [5, 5.41) is 39.8. The van der Waals surface area contributed by atoms with Crippen LogP contribution in [-0.4, -0.2) is 55.8 Å². The summed E-state index contributed by atoms with van der Waals surface area (Å²) in [7, 11) is 0. The van der Waals surface area contributed by atoms with Crippen LogP contribution in [0.15, 0.2) is 28.3 Å². The molecule has 1 saturated heterocycles. The lowest BCUT2D eigenvalue weighted by Crippen LogP contribution is -2.35. The summed E-state index contributed by atoms with van der Waals surface area (Å²) >= 11 is 0. The van der Waals surface area contributed by atoms with E-state index in [2.05, 4.69) is 5.16 Å². The van der Waals surface area contributed by atoms with Crippen molar-refractivity contribution >= 4 is 5.84 Å². The van der Waals surface area contributed by atoms with Gasteiger partial charge in [0.2, 0.25) is 0 Å². The van der Waals surface area contributed by atoms with Crippen LogP contribution in [0.4, 0.5) is 0 Å². The molecule has 9 heteroatoms. The number of hydrogen-bond acceptors (Lipinski definition) is 7. The Bertz CT molecular complexity index is 572. The maximum Gasteiger partial charge on any atom is 0.253 e. The number of nitrogens with zero attached hydrogens (tertiary/aromatic N) is 2. The lowest BCUT2D eigenvalue weighted by atomic mass is 10.1. The number of ether oxygens (including phenoxy) is 1. The Morgan fingerprint density at radius 3 is 2.65 bits per heavy atom. The van der Waals surface area contributed by atoms with Gasteiger partial charge in [0.05, 0.1) is 6.61 Å². The van der Waals surface area contributed by atoms with Crippen LogP contribution >= 0.6 is 0 Å². The van der Waals surface area contributed by atoms with Gasteiger partial charge in [-0.2, -0.15) is 0 Å². The maximum absolute atomic E-state index is 11.9. The van der Waals surface area contributed by atoms with Gasteiger partial charge in [-0.1, -0.05) is 5.16 Å². The highest BCUT2D eigenvalue weighted by atomic mass is 16.6. The Morgan fingerprint density at radius 2 is 2.15 bits per heavy atom. The molecule has 9 nitrogen and oxygen atoms in total. The summed E-state index contributed by atoms with van der Waals surface area (Å²) in [5.74, 6) is -0.226. The predicted molar refractivity (Wildman–Crippen MR) is 66.2 cm³/mol. The van der Waals surface area contributed by atoms with Gasteiger partial charge in [0, 0.05) is 17.8 Å². The zero-order valence-corrected chi connectivity index (χ0v) is 10.3. The largest absolute Gasteiger partial charge is 0.409 e. The number of aromatic nitrogens is 1. The fourth-order valence-electron chi connectivity index (χ4n) is 2.03. The molecule has 6 N–H and O–H groups in total. The lowest BCUT2D eigenvalue weighted by molar-refractivity contribution is -0.0543. The number of aliphatic hydroxyl groups is 3. The molecule has 1 aromatic heterocycles. The second kappa shape index (κ2) is 5.59. The number of rotatable bonds is 3. The van der Waals surface area contributed by atoms with Gasteiger partial charge >= 0.3 is 0 Å². The molecule has 1 aromatic rings. The Labute approximate surface area is 113 Å². The minimum absolute atomic E-state index is 0.209. The van der Waals surface area contributed by atoms with Crippen LogP contribution in [0.3, 0.4) is 0 Å². The zero-order chi connectivity index (χ0) is 14.9. The molecule has 20 heavy (non-hydrogen) atoms. The third kappa shape index (κ3) is 2.39. The highest BCUT2D eigenvalue weighted by Gasteiger charge is 2.43. The molecule has 1 aliphatic heterocycles. The number of pyridine rings is 1. The molecule has 2 heterocycles. The van der Waals surface area contributed by atoms with E-state index >= 15 is 0 Å². The molecule has 0 unspecified atom stereocenters. The van der Waals surface area contributed by atoms with Crippen molar-refractivity contribution < 1.29 is 25.3 Å². The molecule has 0 spiro atoms. The first-order valence-corrected chi connectivity index (χ1v) is 5.82. The summed E-state index contributed by atoms with van der Waals surface area (Å²) in [6.07, 6.45) is -3.43. The van der Waals surface area contributed by atoms with Crippen LogP contribution in [0.5, 0.6) is 0 Å². The number of aliphatic hydroxyl groups excluding tert-OH is 3. The van der Waals surface area contributed by atoms with E-state index in [9.17, 15) is 15.0 Å². The molecule has 0 aromatic carbocycles. The number of nitrogens with two attached hydrogens (primary N) is 1. The molecule has 0 aliphatic carbocycles. The fourth-order valence-corrected chi connectivity index (χ4v) is 2.03. The van der Waals surface area contributed by atoms with Gasteiger partial charge in [0.1, 0.15) is 18.3 Å². The summed E-state index contributed by atoms with van der Waals surface area (Å²) in [5.41, 5.74) is 5.00. The third-order valence-electron chi connectivity index (χ3n) is 3.14. The minimum Gasteiger partial charge on any atom is -0.409 e. The molecule has 0 bridgehead atoms. The Balaban J connectivity index is 2.33. The van der Waals surface area contributed by atoms with E-state index in [-0.39, 0.29) is 11.4 Å². The first-order chi connectivity index (χ1) is 9.49. The van der Waals surface area contributed by atoms with Crippen molar-refractivity contribution in [2.45, 2.75) is 24.5 Å². The first-order valence-electron chi connectivity index (χ1n) is 5.82. The van der Waals surface area contributed by atoms with Crippen LogP contribution in [0.25, 0.3) is 0 Å². The molecule has 1 fully saturated rings. The summed E-state index contributed by atoms with van der Waals surface area (Å²) in [6, 6.07) is 2.50. The van der Waals surface area contributed by atoms with Gasteiger partial charge < -0.3 is 31.0 Å². The zero-order valence-electron chi connectivity index (χ0n) is 10.3. The molecule has 0 saturated carbocycles. The van der Waals surface area contributed by atoms with E-state index in [1.807, 2.05) is 0 Å². The first kappa shape index (κ1) is 14.5. The van der Waals surface area contributed by atoms with Gasteiger partial charge in [0.15, 0.2) is 12.1 Å². The molecule has 4 atom stereocenters. The highest BCUT2D eigenvalue weighted by molar-refractivity contribution is 5.96. The smallest absolute Gasteiger partial charge is 0.253 e. The maximum atomic E-state index is 11.9. The van der Waals surface area contributed by atoms with Crippen molar-refractivity contribution in [3.63, 3.8) is 0 Å². The normalized spacial score (nSPS) is 30.6. The van der Waals surface area contributed by atoms with Crippen molar-refractivity contribution in [1.82, 2.24) is 4.57 Å². The van der Waals surface area contributed by atoms with Crippen molar-refractivity contribution in [2.75, 3.05) is 6.61 Å². The molecule has 0 radical (unpaired) electrons. The topological polar surface area (TPSA) is 151 Å². The van der Waals surface area contributed by atoms with Crippen LogP contribution in [0.2, 0.25) is 0 Å². The summed E-state index contributed by atoms with van der Waals surface area (Å²) in [6.45, 7) is -0.480. The monoisotopic (exact) mass is 285 g/mol. The quantitative estimate of drug-likeness (QED) is 0.179. The second-order valence-electron chi connectivity index (χ2n) is 4.38. The Hall–Kier alpha value is -1.94. The minimum atomic E-state index is -1.35. The predicted octanol–water partition coefficient (Wildman–Crippen LogP) is -2.45. The number of amidine groups is 1. The fraction of sp³-hybridized carbons (Fsp3) is 0.455. The van der Waals surface area contributed by atoms with Gasteiger partial charge in [-0.05, 0) is 6.07 Å². The van der Waals surface area contributed by atoms with E-state index < -0.39 is 36.7 Å². The van der Waals surface area contributed by atoms with Gasteiger partial charge in [-0.15, -0.1) is 0 Å². The molecule has 2 rings (SSSR count). The molecule has 110 valence electrons. The Morgan fingerprint density at radius 1 is 1.45 bits per heavy atom. The van der Waals surface area contributed by atoms with Crippen LogP contribution in [0.1, 0.15) is 11.8 Å². The molecule has 0 amide bonds. The SMILES string of the molecule is NC(=NO)c1ccn([C@@H]2O[C@H](CO)[C@@H](O)[C@H]2O)c(=O)c1. The average molecular weight is 285 g/mol. The Kier molecular flexibility index (Phi) is 4.04. The third-order valence-corrected chi connectivity index (χ3v) is 3.14. The van der Waals surface area contributed by atoms with Gasteiger partial charge in [-0.25, -0.2) is 0 Å². The van der Waals surface area contributed by atoms with Crippen molar-refractivity contribution in [3.05, 3.63) is 34.2 Å². The van der Waals surface area contributed by atoms with Crippen LogP contribution in [0, 0.1) is 0 Å². The van der Waals surface area contributed by atoms with Crippen molar-refractivity contribution in [1.29, 1.82) is 0 Å². The lowest BCUT2D eigenvalue weighted by Gasteiger charge is -2.17. The van der Waals surface area contributed by atoms with Gasteiger partial charge in [-0.3, -0.25) is 9.36 Å². The van der Waals surface area contributed by atoms with E-state index in [0.717, 1.165) is 10.6 Å². The molecular formula is C11H15N3O6. The van der Waals surface area contributed by atoms with Crippen LogP contribution < -0.4 is 11.3 Å². The summed E-state index contributed by atoms with van der Waals surface area (Å²) in [4.78, 5) is 11.9. The molecule has 1 aliphatic rings. The summed E-state index contributed by atoms with van der Waals surface area (Å²) < 4.78 is 6.28. The number of oxime groups is 1. The van der Waals surface area contributed by atoms with Crippen molar-refractivity contribution in [3.8, 4) is 0 Å².